The average Bonchev–Trinajstić information content (AvgIpc) is 3.44. The average molecular weight is 531 g/mol. The van der Waals surface area contributed by atoms with Gasteiger partial charge in [0.15, 0.2) is 17.2 Å². The minimum atomic E-state index is -4.31. The first kappa shape index (κ1) is 25.0. The first-order chi connectivity index (χ1) is 17.5. The van der Waals surface area contributed by atoms with Crippen LogP contribution < -0.4 is 10.2 Å². The van der Waals surface area contributed by atoms with Crippen LogP contribution in [0.15, 0.2) is 24.3 Å². The number of aromatic nitrogens is 3. The van der Waals surface area contributed by atoms with Gasteiger partial charge in [0, 0.05) is 18.7 Å². The third-order valence-electron chi connectivity index (χ3n) is 7.12. The molecular weight excluding hydrogens is 509 g/mol. The molecule has 1 saturated heterocycles. The zero-order valence-corrected chi connectivity index (χ0v) is 20.9. The van der Waals surface area contributed by atoms with Crippen molar-refractivity contribution in [2.45, 2.75) is 32.5 Å². The number of alkyl halides is 3. The number of methoxy groups -OCH3 is 1. The summed E-state index contributed by atoms with van der Waals surface area (Å²) in [6.45, 7) is 3.63. The molecule has 2 aromatic heterocycles. The van der Waals surface area contributed by atoms with E-state index in [1.807, 2.05) is 26.0 Å². The number of nitrogens with zero attached hydrogens (tertiary/aromatic N) is 5. The topological polar surface area (TPSA) is 104 Å². The molecule has 8 nitrogen and oxygen atoms in total. The van der Waals surface area contributed by atoms with E-state index in [1.165, 1.54) is 18.1 Å². The summed E-state index contributed by atoms with van der Waals surface area (Å²) in [5.74, 6) is -1.03. The number of hydrogen-bond donors (Lipinski definition) is 1. The van der Waals surface area contributed by atoms with Crippen LogP contribution in [0.25, 0.3) is 11.0 Å². The van der Waals surface area contributed by atoms with Gasteiger partial charge in [0.1, 0.15) is 11.2 Å². The number of anilines is 2. The number of nitrogens with one attached hydrogen (secondary N) is 1. The molecule has 0 spiro atoms. The van der Waals surface area contributed by atoms with E-state index >= 15 is 0 Å². The Morgan fingerprint density at radius 2 is 2.08 bits per heavy atom. The monoisotopic (exact) mass is 530 g/mol. The summed E-state index contributed by atoms with van der Waals surface area (Å²) in [6.07, 6.45) is -4.22. The van der Waals surface area contributed by atoms with Crippen molar-refractivity contribution in [3.63, 3.8) is 0 Å². The first-order valence-corrected chi connectivity index (χ1v) is 11.9. The zero-order chi connectivity index (χ0) is 26.7. The third kappa shape index (κ3) is 4.19. The van der Waals surface area contributed by atoms with E-state index in [9.17, 15) is 23.2 Å². The van der Waals surface area contributed by atoms with Crippen LogP contribution in [0, 0.1) is 29.6 Å². The van der Waals surface area contributed by atoms with Crippen molar-refractivity contribution < 1.29 is 22.7 Å². The molecular formula is C25H22ClF3N6O2. The van der Waals surface area contributed by atoms with Crippen molar-refractivity contribution in [2.24, 2.45) is 11.3 Å². The van der Waals surface area contributed by atoms with Gasteiger partial charge in [-0.1, -0.05) is 17.7 Å². The molecule has 1 N–H and O–H groups in total. The van der Waals surface area contributed by atoms with Gasteiger partial charge in [-0.05, 0) is 49.9 Å². The molecule has 1 aliphatic heterocycles. The Balaban J connectivity index is 1.55. The van der Waals surface area contributed by atoms with E-state index in [0.717, 1.165) is 5.56 Å². The molecule has 192 valence electrons. The fourth-order valence-electron chi connectivity index (χ4n) is 5.15. The molecule has 0 bridgehead atoms. The number of benzene rings is 1. The predicted octanol–water partition coefficient (Wildman–Crippen LogP) is 5.21. The largest absolute Gasteiger partial charge is 0.464 e. The SMILES string of the molecule is COC(=O)c1nc(Cl)ccc1N[C@H](C)c1cc(C)cc2nc(C#N)c(N3CC4CC4(C(F)(F)F)C3)nc12. The highest BCUT2D eigenvalue weighted by Crippen LogP contribution is 2.66. The lowest BCUT2D eigenvalue weighted by Crippen LogP contribution is -2.34. The van der Waals surface area contributed by atoms with E-state index in [0.29, 0.717) is 22.3 Å². The maximum Gasteiger partial charge on any atom is 0.396 e. The molecule has 12 heteroatoms. The van der Waals surface area contributed by atoms with Gasteiger partial charge in [-0.2, -0.15) is 18.4 Å². The minimum absolute atomic E-state index is 0.00564. The number of pyridine rings is 1. The van der Waals surface area contributed by atoms with E-state index in [2.05, 4.69) is 15.3 Å². The number of carbonyl (C=O) groups excluding carboxylic acids is 1. The highest BCUT2D eigenvalue weighted by Gasteiger charge is 2.74. The molecule has 0 amide bonds. The number of halogens is 4. The van der Waals surface area contributed by atoms with Crippen LogP contribution in [0.2, 0.25) is 5.15 Å². The Morgan fingerprint density at radius 3 is 2.73 bits per heavy atom. The lowest BCUT2D eigenvalue weighted by molar-refractivity contribution is -0.184. The number of fused-ring (bicyclic) bond motifs is 2. The number of ether oxygens (including phenoxy) is 1. The highest BCUT2D eigenvalue weighted by molar-refractivity contribution is 6.29. The smallest absolute Gasteiger partial charge is 0.396 e. The normalized spacial score (nSPS) is 21.4. The molecule has 2 aliphatic rings. The van der Waals surface area contributed by atoms with Crippen LogP contribution in [0.1, 0.15) is 46.7 Å². The van der Waals surface area contributed by atoms with Crippen molar-refractivity contribution in [1.29, 1.82) is 5.26 Å². The van der Waals surface area contributed by atoms with Gasteiger partial charge in [0.25, 0.3) is 0 Å². The second-order valence-corrected chi connectivity index (χ2v) is 9.94. The lowest BCUT2D eigenvalue weighted by atomic mass is 10.0. The van der Waals surface area contributed by atoms with E-state index in [1.54, 1.807) is 12.1 Å². The maximum absolute atomic E-state index is 13.7. The summed E-state index contributed by atoms with van der Waals surface area (Å²) in [6, 6.07) is 8.35. The molecule has 3 aromatic rings. The molecule has 2 unspecified atom stereocenters. The Labute approximate surface area is 215 Å². The minimum Gasteiger partial charge on any atom is -0.464 e. The van der Waals surface area contributed by atoms with Crippen LogP contribution in [-0.2, 0) is 4.74 Å². The number of rotatable bonds is 5. The number of nitriles is 1. The van der Waals surface area contributed by atoms with Crippen molar-refractivity contribution in [3.05, 3.63) is 51.9 Å². The van der Waals surface area contributed by atoms with Gasteiger partial charge < -0.3 is 15.0 Å². The molecule has 3 heterocycles. The van der Waals surface area contributed by atoms with Crippen LogP contribution in [0.5, 0.6) is 0 Å². The quantitative estimate of drug-likeness (QED) is 0.354. The second-order valence-electron chi connectivity index (χ2n) is 9.55. The summed E-state index contributed by atoms with van der Waals surface area (Å²) >= 11 is 5.96. The standard InChI is InChI=1S/C25H22ClF3N6O2/c1-12-6-15(13(2)31-16-4-5-19(26)33-21(16)23(36)37-3)20-17(7-12)32-18(9-30)22(34-20)35-10-14-8-24(14,11-35)25(27,28)29/h4-7,13-14,31H,8,10-11H2,1-3H3/t13-,14?,24?/m1/s1. The Kier molecular flexibility index (Phi) is 5.90. The molecule has 3 atom stereocenters. The molecule has 37 heavy (non-hydrogen) atoms. The van der Waals surface area contributed by atoms with Crippen LogP contribution in [0.3, 0.4) is 0 Å². The maximum atomic E-state index is 13.7. The van der Waals surface area contributed by atoms with Gasteiger partial charge in [-0.3, -0.25) is 0 Å². The summed E-state index contributed by atoms with van der Waals surface area (Å²) in [5, 5.41) is 13.1. The molecule has 5 rings (SSSR count). The summed E-state index contributed by atoms with van der Waals surface area (Å²) in [4.78, 5) is 27.0. The second kappa shape index (κ2) is 8.73. The molecule has 1 saturated carbocycles. The van der Waals surface area contributed by atoms with Gasteiger partial charge in [-0.25, -0.2) is 19.7 Å². The Morgan fingerprint density at radius 1 is 1.32 bits per heavy atom. The van der Waals surface area contributed by atoms with Crippen molar-refractivity contribution >= 4 is 40.1 Å². The van der Waals surface area contributed by atoms with Crippen molar-refractivity contribution in [3.8, 4) is 6.07 Å². The van der Waals surface area contributed by atoms with Gasteiger partial charge in [-0.15, -0.1) is 0 Å². The number of carbonyl (C=O) groups is 1. The molecule has 1 aliphatic carbocycles. The highest BCUT2D eigenvalue weighted by atomic mass is 35.5. The Bertz CT molecular complexity index is 1470. The van der Waals surface area contributed by atoms with Crippen LogP contribution in [0.4, 0.5) is 24.7 Å². The van der Waals surface area contributed by atoms with E-state index < -0.39 is 29.5 Å². The van der Waals surface area contributed by atoms with E-state index in [4.69, 9.17) is 21.3 Å². The van der Waals surface area contributed by atoms with Crippen LogP contribution >= 0.6 is 11.6 Å². The van der Waals surface area contributed by atoms with Crippen molar-refractivity contribution in [2.75, 3.05) is 30.4 Å². The molecule has 2 fully saturated rings. The third-order valence-corrected chi connectivity index (χ3v) is 7.33. The molecule has 1 aromatic carbocycles. The fraction of sp³-hybridized carbons (Fsp3) is 0.400. The number of hydrogen-bond acceptors (Lipinski definition) is 8. The number of esters is 1. The Hall–Kier alpha value is -3.65. The first-order valence-electron chi connectivity index (χ1n) is 11.5. The van der Waals surface area contributed by atoms with Gasteiger partial charge >= 0.3 is 12.1 Å². The summed E-state index contributed by atoms with van der Waals surface area (Å²) < 4.78 is 45.9. The summed E-state index contributed by atoms with van der Waals surface area (Å²) in [5.41, 5.74) is 1.06. The fourth-order valence-corrected chi connectivity index (χ4v) is 5.29. The van der Waals surface area contributed by atoms with E-state index in [-0.39, 0.29) is 41.9 Å². The van der Waals surface area contributed by atoms with Gasteiger partial charge in [0.2, 0.25) is 0 Å². The predicted molar refractivity (Wildman–Crippen MR) is 130 cm³/mol. The summed E-state index contributed by atoms with van der Waals surface area (Å²) in [7, 11) is 1.24. The lowest BCUT2D eigenvalue weighted by Gasteiger charge is -2.25. The number of piperidine rings is 1. The van der Waals surface area contributed by atoms with Crippen molar-refractivity contribution in [1.82, 2.24) is 15.0 Å². The zero-order valence-electron chi connectivity index (χ0n) is 20.1. The molecule has 0 radical (unpaired) electrons. The number of aryl methyl sites for hydroxylation is 1. The van der Waals surface area contributed by atoms with Gasteiger partial charge in [0.05, 0.1) is 35.3 Å². The van der Waals surface area contributed by atoms with Crippen LogP contribution in [-0.4, -0.2) is 47.3 Å².